The third-order valence-electron chi connectivity index (χ3n) is 3.31. The molecular formula is C16H11F4N3O2S. The van der Waals surface area contributed by atoms with Crippen molar-refractivity contribution in [1.29, 1.82) is 0 Å². The number of hydrogen-bond acceptors (Lipinski definition) is 5. The quantitative estimate of drug-likeness (QED) is 0.614. The molecule has 3 aromatic rings. The monoisotopic (exact) mass is 385 g/mol. The molecule has 1 atom stereocenters. The summed E-state index contributed by atoms with van der Waals surface area (Å²) in [5, 5.41) is 3.28. The smallest absolute Gasteiger partial charge is 0.329 e. The van der Waals surface area contributed by atoms with Gasteiger partial charge in [-0.2, -0.15) is 22.5 Å². The molecule has 0 radical (unpaired) electrons. The van der Waals surface area contributed by atoms with Crippen molar-refractivity contribution >= 4 is 15.4 Å². The van der Waals surface area contributed by atoms with Crippen molar-refractivity contribution in [3.63, 3.8) is 0 Å². The zero-order valence-corrected chi connectivity index (χ0v) is 14.0. The Hall–Kier alpha value is -2.75. The van der Waals surface area contributed by atoms with Crippen LogP contribution in [-0.4, -0.2) is 20.6 Å². The van der Waals surface area contributed by atoms with Crippen molar-refractivity contribution < 1.29 is 26.3 Å². The van der Waals surface area contributed by atoms with E-state index in [9.17, 15) is 21.8 Å². The summed E-state index contributed by atoms with van der Waals surface area (Å²) in [6, 6.07) is 11.0. The molecule has 0 saturated heterocycles. The van der Waals surface area contributed by atoms with Gasteiger partial charge in [0.05, 0.1) is 20.3 Å². The lowest BCUT2D eigenvalue weighted by Gasteiger charge is -2.05. The standard InChI is InChI=1S/C16H11F4N3O2S/c1-26(24,13-4-2-3-11(17)9-13)23-12-7-5-10(6-8-12)14-21-15(25-22-14)16(18,19)20/h2-9H,1H3. The molecule has 3 rings (SSSR count). The van der Waals surface area contributed by atoms with Crippen molar-refractivity contribution in [3.8, 4) is 11.4 Å². The van der Waals surface area contributed by atoms with E-state index >= 15 is 0 Å². The minimum atomic E-state index is -4.72. The normalized spacial score (nSPS) is 14.0. The Morgan fingerprint density at radius 3 is 2.38 bits per heavy atom. The molecule has 26 heavy (non-hydrogen) atoms. The molecular weight excluding hydrogens is 374 g/mol. The van der Waals surface area contributed by atoms with Crippen molar-refractivity contribution in [2.24, 2.45) is 4.36 Å². The molecule has 1 heterocycles. The summed E-state index contributed by atoms with van der Waals surface area (Å²) >= 11 is 0. The van der Waals surface area contributed by atoms with Crippen molar-refractivity contribution in [3.05, 3.63) is 60.2 Å². The molecule has 0 saturated carbocycles. The fourth-order valence-corrected chi connectivity index (χ4v) is 3.38. The molecule has 0 aliphatic rings. The number of aromatic nitrogens is 2. The third-order valence-corrected chi connectivity index (χ3v) is 4.99. The lowest BCUT2D eigenvalue weighted by molar-refractivity contribution is -0.159. The van der Waals surface area contributed by atoms with E-state index in [2.05, 4.69) is 19.0 Å². The van der Waals surface area contributed by atoms with Crippen LogP contribution in [0.1, 0.15) is 5.89 Å². The molecule has 1 unspecified atom stereocenters. The van der Waals surface area contributed by atoms with Gasteiger partial charge in [0, 0.05) is 11.8 Å². The number of nitrogens with zero attached hydrogens (tertiary/aromatic N) is 3. The first-order valence-corrected chi connectivity index (χ1v) is 9.06. The van der Waals surface area contributed by atoms with Gasteiger partial charge >= 0.3 is 12.1 Å². The van der Waals surface area contributed by atoms with Crippen molar-refractivity contribution in [2.75, 3.05) is 6.26 Å². The Kier molecular flexibility index (Phi) is 4.53. The zero-order chi connectivity index (χ0) is 18.9. The Balaban J connectivity index is 1.90. The van der Waals surface area contributed by atoms with Crippen LogP contribution in [0.4, 0.5) is 23.2 Å². The highest BCUT2D eigenvalue weighted by molar-refractivity contribution is 7.93. The maximum Gasteiger partial charge on any atom is 0.471 e. The first-order valence-electron chi connectivity index (χ1n) is 7.14. The van der Waals surface area contributed by atoms with Crippen LogP contribution in [0.5, 0.6) is 0 Å². The molecule has 0 fully saturated rings. The largest absolute Gasteiger partial charge is 0.471 e. The van der Waals surface area contributed by atoms with Crippen LogP contribution in [0.2, 0.25) is 0 Å². The van der Waals surface area contributed by atoms with E-state index in [1.54, 1.807) is 0 Å². The maximum absolute atomic E-state index is 13.3. The molecule has 0 bridgehead atoms. The summed E-state index contributed by atoms with van der Waals surface area (Å²) in [6.45, 7) is 0. The fourth-order valence-electron chi connectivity index (χ4n) is 2.08. The summed E-state index contributed by atoms with van der Waals surface area (Å²) < 4.78 is 71.7. The summed E-state index contributed by atoms with van der Waals surface area (Å²) in [6.07, 6.45) is -3.36. The summed E-state index contributed by atoms with van der Waals surface area (Å²) in [5.74, 6) is -2.20. The number of benzene rings is 2. The highest BCUT2D eigenvalue weighted by Gasteiger charge is 2.38. The summed E-state index contributed by atoms with van der Waals surface area (Å²) in [7, 11) is -2.89. The Morgan fingerprint density at radius 2 is 1.81 bits per heavy atom. The number of halogens is 4. The van der Waals surface area contributed by atoms with Gasteiger partial charge in [-0.25, -0.2) is 8.60 Å². The van der Waals surface area contributed by atoms with Gasteiger partial charge in [-0.05, 0) is 42.5 Å². The molecule has 2 aromatic carbocycles. The molecule has 0 aliphatic heterocycles. The van der Waals surface area contributed by atoms with Crippen LogP contribution in [0, 0.1) is 5.82 Å². The fraction of sp³-hybridized carbons (Fsp3) is 0.125. The van der Waals surface area contributed by atoms with Crippen LogP contribution in [-0.2, 0) is 15.9 Å². The average molecular weight is 385 g/mol. The van der Waals surface area contributed by atoms with E-state index < -0.39 is 27.6 Å². The Bertz CT molecular complexity index is 1050. The van der Waals surface area contributed by atoms with Gasteiger partial charge in [0.2, 0.25) is 5.82 Å². The lowest BCUT2D eigenvalue weighted by Crippen LogP contribution is -2.04. The van der Waals surface area contributed by atoms with Crippen LogP contribution in [0.15, 0.2) is 62.3 Å². The topological polar surface area (TPSA) is 68.3 Å². The maximum atomic E-state index is 13.3. The van der Waals surface area contributed by atoms with Gasteiger partial charge in [-0.15, -0.1) is 0 Å². The Morgan fingerprint density at radius 1 is 1.12 bits per heavy atom. The van der Waals surface area contributed by atoms with Gasteiger partial charge in [0.25, 0.3) is 0 Å². The first kappa shape index (κ1) is 18.1. The molecule has 136 valence electrons. The van der Waals surface area contributed by atoms with Crippen LogP contribution in [0.3, 0.4) is 0 Å². The van der Waals surface area contributed by atoms with E-state index in [0.29, 0.717) is 5.69 Å². The number of rotatable bonds is 3. The molecule has 5 nitrogen and oxygen atoms in total. The molecule has 10 heteroatoms. The summed E-state index contributed by atoms with van der Waals surface area (Å²) in [5.41, 5.74) is 0.585. The van der Waals surface area contributed by atoms with Crippen LogP contribution in [0.25, 0.3) is 11.4 Å². The predicted molar refractivity (Wildman–Crippen MR) is 85.6 cm³/mol. The van der Waals surface area contributed by atoms with Crippen LogP contribution < -0.4 is 0 Å². The van der Waals surface area contributed by atoms with Gasteiger partial charge in [0.1, 0.15) is 5.82 Å². The second-order valence-corrected chi connectivity index (χ2v) is 7.58. The molecule has 0 spiro atoms. The van der Waals surface area contributed by atoms with E-state index in [-0.39, 0.29) is 16.3 Å². The average Bonchev–Trinajstić information content (AvgIpc) is 3.05. The highest BCUT2D eigenvalue weighted by atomic mass is 32.2. The number of alkyl halides is 3. The Labute approximate surface area is 145 Å². The van der Waals surface area contributed by atoms with E-state index in [4.69, 9.17) is 0 Å². The lowest BCUT2D eigenvalue weighted by atomic mass is 10.2. The molecule has 0 amide bonds. The third kappa shape index (κ3) is 3.90. The molecule has 1 aromatic heterocycles. The number of hydrogen-bond donors (Lipinski definition) is 0. The predicted octanol–water partition coefficient (Wildman–Crippen LogP) is 4.68. The van der Waals surface area contributed by atoms with Gasteiger partial charge < -0.3 is 4.52 Å². The first-order chi connectivity index (χ1) is 12.1. The van der Waals surface area contributed by atoms with E-state index in [0.717, 1.165) is 6.07 Å². The van der Waals surface area contributed by atoms with Crippen LogP contribution >= 0.6 is 0 Å². The van der Waals surface area contributed by atoms with Gasteiger partial charge in [-0.1, -0.05) is 11.2 Å². The SMILES string of the molecule is CS(=O)(=Nc1ccc(-c2noc(C(F)(F)F)n2)cc1)c1cccc(F)c1. The minimum Gasteiger partial charge on any atom is -0.329 e. The molecule has 0 aliphatic carbocycles. The van der Waals surface area contributed by atoms with E-state index in [1.807, 2.05) is 0 Å². The van der Waals surface area contributed by atoms with Crippen molar-refractivity contribution in [2.45, 2.75) is 11.1 Å². The van der Waals surface area contributed by atoms with E-state index in [1.165, 1.54) is 48.7 Å². The second kappa shape index (κ2) is 6.52. The highest BCUT2D eigenvalue weighted by Crippen LogP contribution is 2.30. The van der Waals surface area contributed by atoms with Gasteiger partial charge in [0.15, 0.2) is 0 Å². The van der Waals surface area contributed by atoms with Crippen molar-refractivity contribution in [1.82, 2.24) is 10.1 Å². The summed E-state index contributed by atoms with van der Waals surface area (Å²) in [4.78, 5) is 3.51. The minimum absolute atomic E-state index is 0.230. The second-order valence-electron chi connectivity index (χ2n) is 5.32. The zero-order valence-electron chi connectivity index (χ0n) is 13.2. The molecule has 0 N–H and O–H groups in total. The van der Waals surface area contributed by atoms with Gasteiger partial charge in [-0.3, -0.25) is 0 Å².